The van der Waals surface area contributed by atoms with E-state index in [2.05, 4.69) is 26.9 Å². The van der Waals surface area contributed by atoms with E-state index in [0.29, 0.717) is 12.1 Å². The van der Waals surface area contributed by atoms with Crippen LogP contribution >= 0.6 is 15.9 Å². The summed E-state index contributed by atoms with van der Waals surface area (Å²) in [6.07, 6.45) is 0. The lowest BCUT2D eigenvalue weighted by Gasteiger charge is -2.21. The van der Waals surface area contributed by atoms with Gasteiger partial charge in [0.05, 0.1) is 18.4 Å². The van der Waals surface area contributed by atoms with Crippen molar-refractivity contribution >= 4 is 21.6 Å². The molecular weight excluding hydrogens is 316 g/mol. The molecule has 0 aliphatic rings. The van der Waals surface area contributed by atoms with Gasteiger partial charge in [-0.25, -0.2) is 0 Å². The van der Waals surface area contributed by atoms with E-state index in [0.717, 1.165) is 21.5 Å². The first-order valence-electron chi connectivity index (χ1n) is 6.17. The second kappa shape index (κ2) is 6.44. The summed E-state index contributed by atoms with van der Waals surface area (Å²) >= 11 is 3.45. The smallest absolute Gasteiger partial charge is 0.119 e. The Balaban J connectivity index is 2.25. The zero-order valence-electron chi connectivity index (χ0n) is 11.4. The van der Waals surface area contributed by atoms with Crippen molar-refractivity contribution in [2.45, 2.75) is 6.54 Å². The first-order valence-corrected chi connectivity index (χ1v) is 6.97. The number of nitrogens with zero attached hydrogens (tertiary/aromatic N) is 2. The lowest BCUT2D eigenvalue weighted by atomic mass is 10.1. The van der Waals surface area contributed by atoms with Crippen LogP contribution < -0.4 is 9.64 Å². The molecule has 0 fully saturated rings. The number of halogens is 1. The molecule has 0 saturated carbocycles. The summed E-state index contributed by atoms with van der Waals surface area (Å²) in [7, 11) is 3.63. The Morgan fingerprint density at radius 3 is 2.75 bits per heavy atom. The fourth-order valence-electron chi connectivity index (χ4n) is 2.05. The van der Waals surface area contributed by atoms with Gasteiger partial charge in [0.25, 0.3) is 0 Å². The van der Waals surface area contributed by atoms with Crippen molar-refractivity contribution in [3.05, 3.63) is 58.1 Å². The summed E-state index contributed by atoms with van der Waals surface area (Å²) in [4.78, 5) is 2.05. The maximum atomic E-state index is 9.19. The van der Waals surface area contributed by atoms with Crippen molar-refractivity contribution in [2.75, 3.05) is 19.1 Å². The van der Waals surface area contributed by atoms with Crippen LogP contribution in [0.4, 0.5) is 5.69 Å². The van der Waals surface area contributed by atoms with Gasteiger partial charge in [0.1, 0.15) is 11.8 Å². The van der Waals surface area contributed by atoms with Crippen LogP contribution in [0.5, 0.6) is 5.75 Å². The molecule has 0 saturated heterocycles. The van der Waals surface area contributed by atoms with Gasteiger partial charge >= 0.3 is 0 Å². The molecular formula is C16H15BrN2O. The first kappa shape index (κ1) is 14.4. The molecule has 2 aromatic rings. The number of methoxy groups -OCH3 is 1. The topological polar surface area (TPSA) is 36.3 Å². The average molecular weight is 331 g/mol. The molecule has 0 radical (unpaired) electrons. The Bertz CT molecular complexity index is 649. The predicted octanol–water partition coefficient (Wildman–Crippen LogP) is 3.97. The van der Waals surface area contributed by atoms with Gasteiger partial charge in [0.2, 0.25) is 0 Å². The van der Waals surface area contributed by atoms with E-state index in [9.17, 15) is 5.26 Å². The van der Waals surface area contributed by atoms with Gasteiger partial charge in [-0.2, -0.15) is 5.26 Å². The fourth-order valence-corrected chi connectivity index (χ4v) is 2.39. The summed E-state index contributed by atoms with van der Waals surface area (Å²) < 4.78 is 6.19. The summed E-state index contributed by atoms with van der Waals surface area (Å²) in [6, 6.07) is 15.8. The molecule has 0 aromatic heterocycles. The highest BCUT2D eigenvalue weighted by atomic mass is 79.9. The molecule has 20 heavy (non-hydrogen) atoms. The lowest BCUT2D eigenvalue weighted by molar-refractivity contribution is 0.414. The van der Waals surface area contributed by atoms with Crippen molar-refractivity contribution < 1.29 is 4.74 Å². The molecule has 3 nitrogen and oxygen atoms in total. The van der Waals surface area contributed by atoms with Crippen LogP contribution in [0.1, 0.15) is 11.1 Å². The van der Waals surface area contributed by atoms with Gasteiger partial charge in [-0.15, -0.1) is 0 Å². The standard InChI is InChI=1S/C16H15BrN2O/c1-19(11-12-4-3-5-15(8-12)20-2)16-9-14(17)7-6-13(16)10-18/h3-9H,11H2,1-2H3. The maximum absolute atomic E-state index is 9.19. The van der Waals surface area contributed by atoms with Gasteiger partial charge in [-0.3, -0.25) is 0 Å². The van der Waals surface area contributed by atoms with E-state index >= 15 is 0 Å². The molecule has 102 valence electrons. The molecule has 0 unspecified atom stereocenters. The molecule has 0 amide bonds. The maximum Gasteiger partial charge on any atom is 0.119 e. The Labute approximate surface area is 127 Å². The van der Waals surface area contributed by atoms with E-state index < -0.39 is 0 Å². The van der Waals surface area contributed by atoms with Crippen LogP contribution in [0, 0.1) is 11.3 Å². The summed E-state index contributed by atoms with van der Waals surface area (Å²) in [5.41, 5.74) is 2.71. The van der Waals surface area contributed by atoms with Crippen LogP contribution in [0.3, 0.4) is 0 Å². The van der Waals surface area contributed by atoms with Gasteiger partial charge in [-0.1, -0.05) is 28.1 Å². The van der Waals surface area contributed by atoms with Crippen LogP contribution in [-0.2, 0) is 6.54 Å². The molecule has 0 bridgehead atoms. The van der Waals surface area contributed by atoms with E-state index in [4.69, 9.17) is 4.74 Å². The number of ether oxygens (including phenoxy) is 1. The van der Waals surface area contributed by atoms with Gasteiger partial charge in [-0.05, 0) is 35.9 Å². The third-order valence-corrected chi connectivity index (χ3v) is 3.54. The minimum absolute atomic E-state index is 0.665. The third kappa shape index (κ3) is 3.31. The lowest BCUT2D eigenvalue weighted by Crippen LogP contribution is -2.17. The van der Waals surface area contributed by atoms with Crippen LogP contribution in [0.2, 0.25) is 0 Å². The third-order valence-electron chi connectivity index (χ3n) is 3.05. The summed E-state index contributed by atoms with van der Waals surface area (Å²) in [6.45, 7) is 0.711. The highest BCUT2D eigenvalue weighted by Gasteiger charge is 2.09. The number of hydrogen-bond donors (Lipinski definition) is 0. The van der Waals surface area contributed by atoms with Gasteiger partial charge < -0.3 is 9.64 Å². The Hall–Kier alpha value is -1.99. The highest BCUT2D eigenvalue weighted by molar-refractivity contribution is 9.10. The quantitative estimate of drug-likeness (QED) is 0.851. The van der Waals surface area contributed by atoms with Gasteiger partial charge in [0.15, 0.2) is 0 Å². The van der Waals surface area contributed by atoms with E-state index in [1.54, 1.807) is 7.11 Å². The van der Waals surface area contributed by atoms with Crippen molar-refractivity contribution in [2.24, 2.45) is 0 Å². The molecule has 0 atom stereocenters. The number of benzene rings is 2. The van der Waals surface area contributed by atoms with E-state index in [1.165, 1.54) is 0 Å². The Morgan fingerprint density at radius 2 is 2.05 bits per heavy atom. The highest BCUT2D eigenvalue weighted by Crippen LogP contribution is 2.25. The largest absolute Gasteiger partial charge is 0.497 e. The van der Waals surface area contributed by atoms with Crippen LogP contribution in [0.15, 0.2) is 46.9 Å². The zero-order valence-corrected chi connectivity index (χ0v) is 13.0. The zero-order chi connectivity index (χ0) is 14.5. The average Bonchev–Trinajstić information content (AvgIpc) is 2.47. The number of rotatable bonds is 4. The minimum atomic E-state index is 0.665. The second-order valence-corrected chi connectivity index (χ2v) is 5.40. The van der Waals surface area contributed by atoms with E-state index in [1.807, 2.05) is 49.5 Å². The predicted molar refractivity (Wildman–Crippen MR) is 84.0 cm³/mol. The van der Waals surface area contributed by atoms with Crippen molar-refractivity contribution in [1.29, 1.82) is 5.26 Å². The van der Waals surface area contributed by atoms with Gasteiger partial charge in [0, 0.05) is 18.1 Å². The Morgan fingerprint density at radius 1 is 1.25 bits per heavy atom. The minimum Gasteiger partial charge on any atom is -0.497 e. The number of anilines is 1. The second-order valence-electron chi connectivity index (χ2n) is 4.48. The van der Waals surface area contributed by atoms with Crippen molar-refractivity contribution in [3.63, 3.8) is 0 Å². The monoisotopic (exact) mass is 330 g/mol. The molecule has 0 N–H and O–H groups in total. The molecule has 0 spiro atoms. The summed E-state index contributed by atoms with van der Waals surface area (Å²) in [5.74, 6) is 0.839. The molecule has 0 aliphatic carbocycles. The first-order chi connectivity index (χ1) is 9.63. The molecule has 2 rings (SSSR count). The normalized spacial score (nSPS) is 9.90. The number of nitriles is 1. The fraction of sp³-hybridized carbons (Fsp3) is 0.188. The van der Waals surface area contributed by atoms with Crippen molar-refractivity contribution in [1.82, 2.24) is 0 Å². The SMILES string of the molecule is COc1cccc(CN(C)c2cc(Br)ccc2C#N)c1. The van der Waals surface area contributed by atoms with Crippen molar-refractivity contribution in [3.8, 4) is 11.8 Å². The van der Waals surface area contributed by atoms with E-state index in [-0.39, 0.29) is 0 Å². The Kier molecular flexibility index (Phi) is 4.65. The van der Waals surface area contributed by atoms with Crippen LogP contribution in [-0.4, -0.2) is 14.2 Å². The number of hydrogen-bond acceptors (Lipinski definition) is 3. The molecule has 4 heteroatoms. The molecule has 0 aliphatic heterocycles. The van der Waals surface area contributed by atoms with Crippen LogP contribution in [0.25, 0.3) is 0 Å². The molecule has 2 aromatic carbocycles. The summed E-state index contributed by atoms with van der Waals surface area (Å²) in [5, 5.41) is 9.19. The molecule has 0 heterocycles.